The van der Waals surface area contributed by atoms with Crippen molar-refractivity contribution in [1.82, 2.24) is 14.9 Å². The minimum Gasteiger partial charge on any atom is -0.756 e. The molecule has 2 saturated heterocycles. The van der Waals surface area contributed by atoms with Crippen LogP contribution in [0.25, 0.3) is 16.4 Å². The summed E-state index contributed by atoms with van der Waals surface area (Å²) in [6.07, 6.45) is -4.79. The standard InChI is InChI=1S/C62H90N13O14P.CN.Co/c1-29-20-39-40(21-30(29)2)75(28-70-39)57-52(84)53(41(27-76)87-57)89-90(85,86)88-31(3)26-69-49(83)18-19-59(8)37(22-46(66)80)56-62(11)61(10,25-48(68)82)36(14-17-45(65)79)51(74-62)33(5)55-60(9,24-47(67)81)34(12-15-43(63)77)38(71-55)23-42-58(6,7)35(13-16-44(64)78)50(72-42)32(4)54(59)73-56;1-2;/h20-21,23,28,31,34-37,41,52-53,56-57,76,84H,12-19,22,24-27H2,1-11H3,(H15,63,64,65,66,67,68,69,71,72,73,74,77,78,79,80,81,82,83,85,86);;/q;-1;+3/p-2/t31?,34?,35?,36?,37?,41-,52-,53-,56?,57-,59?,60?,61?,62?;;/m1../s1. The van der Waals surface area contributed by atoms with Crippen LogP contribution in [0.15, 0.2) is 67.8 Å². The number of aliphatic hydroxyl groups excluding tert-OH is 2. The summed E-state index contributed by atoms with van der Waals surface area (Å²) in [5.41, 5.74) is 36.7. The van der Waals surface area contributed by atoms with Crippen molar-refractivity contribution >= 4 is 77.3 Å². The average Bonchev–Trinajstić information content (AvgIpc) is 1.53. The molecule has 15 atom stereocenters. The molecule has 6 aliphatic rings. The molecule has 93 heavy (non-hydrogen) atoms. The number of aliphatic hydroxyl groups is 2. The number of nitrogens with two attached hydrogens (primary N) is 6. The van der Waals surface area contributed by atoms with Crippen LogP contribution in [0.1, 0.15) is 150 Å². The smallest absolute Gasteiger partial charge is 0.756 e. The van der Waals surface area contributed by atoms with E-state index in [-0.39, 0.29) is 94.0 Å². The molecule has 2 fully saturated rings. The van der Waals surface area contributed by atoms with Crippen molar-refractivity contribution in [3.05, 3.63) is 75.8 Å². The maximum absolute atomic E-state index is 14.4. The zero-order valence-corrected chi connectivity index (χ0v) is 56.4. The molecule has 0 spiro atoms. The van der Waals surface area contributed by atoms with Gasteiger partial charge in [-0.25, -0.2) is 4.98 Å². The topological polar surface area (TPSA) is 489 Å². The fourth-order valence-electron chi connectivity index (χ4n) is 15.3. The number of aryl methyl sites for hydroxylation is 2. The van der Waals surface area contributed by atoms with Crippen molar-refractivity contribution in [2.24, 2.45) is 94.7 Å². The van der Waals surface area contributed by atoms with E-state index in [1.807, 2.05) is 80.5 Å². The number of carbonyl (C=O) groups is 7. The number of ether oxygens (including phenoxy) is 1. The van der Waals surface area contributed by atoms with Gasteiger partial charge >= 0.3 is 16.8 Å². The van der Waals surface area contributed by atoms with Crippen molar-refractivity contribution in [2.45, 2.75) is 189 Å². The SMILES string of the molecule is C/C1=C2/N=C(C=C3N=C(/C(C)=C4\[N-]C(C(CC(N)=O)C4(C)CCC(=O)NCC(C)OP(=O)([O-])O[C@H]4[C@@H](O)[C@H](n5cnc6cc(C)c(C)cc65)O[C@@H]4CO)C4(C)N=C1C(CCC(N)=O)C4(C)CC(N)=O)C(CCC(N)=O)C3(C)C)C(CCC(N)=O)C2(C)CC(N)=O.[C-]#N.[Co+3]. The first-order chi connectivity index (χ1) is 42.8. The number of benzene rings is 1. The molecule has 0 aliphatic carbocycles. The number of nitrogens with one attached hydrogen (secondary N) is 1. The summed E-state index contributed by atoms with van der Waals surface area (Å²) in [6, 6.07) is 2.65. The number of aromatic nitrogens is 2. The molecule has 2 aromatic rings. The van der Waals surface area contributed by atoms with Gasteiger partial charge in [0.2, 0.25) is 41.4 Å². The molecular weight excluding hydrogens is 1270 g/mol. The van der Waals surface area contributed by atoms with Crippen LogP contribution in [0.5, 0.6) is 0 Å². The third-order valence-corrected chi connectivity index (χ3v) is 21.6. The Morgan fingerprint density at radius 1 is 0.806 bits per heavy atom. The molecule has 15 N–H and O–H groups in total. The normalized spacial score (nSPS) is 32.6. The van der Waals surface area contributed by atoms with Crippen molar-refractivity contribution in [1.29, 1.82) is 5.26 Å². The quantitative estimate of drug-likeness (QED) is 0.0481. The second kappa shape index (κ2) is 28.5. The van der Waals surface area contributed by atoms with Crippen LogP contribution in [0, 0.1) is 71.0 Å². The molecule has 0 radical (unpaired) electrons. The van der Waals surface area contributed by atoms with E-state index < -0.39 is 143 Å². The predicted octanol–water partition coefficient (Wildman–Crippen LogP) is 3.41. The fourth-order valence-corrected chi connectivity index (χ4v) is 16.4. The molecule has 6 aliphatic heterocycles. The molecule has 8 bridgehead atoms. The summed E-state index contributed by atoms with van der Waals surface area (Å²) in [5.74, 6) is -7.40. The minimum absolute atomic E-state index is 0. The van der Waals surface area contributed by atoms with Gasteiger partial charge in [0, 0.05) is 108 Å². The van der Waals surface area contributed by atoms with E-state index in [1.165, 1.54) is 17.8 Å². The maximum atomic E-state index is 14.4. The number of imidazole rings is 1. The fraction of sp³-hybridized carbons (Fsp3) is 0.619. The second-order valence-electron chi connectivity index (χ2n) is 27.0. The molecule has 11 unspecified atom stereocenters. The van der Waals surface area contributed by atoms with Gasteiger partial charge in [-0.2, -0.15) is 5.70 Å². The monoisotopic (exact) mass is 1350 g/mol. The average molecular weight is 1360 g/mol. The van der Waals surface area contributed by atoms with Crippen LogP contribution in [-0.4, -0.2) is 127 Å². The number of hydrogen-bond donors (Lipinski definition) is 9. The number of fused-ring (bicyclic) bond motifs is 7. The van der Waals surface area contributed by atoms with E-state index >= 15 is 0 Å². The number of amides is 7. The van der Waals surface area contributed by atoms with Crippen LogP contribution in [0.3, 0.4) is 0 Å². The zero-order valence-electron chi connectivity index (χ0n) is 54.4. The summed E-state index contributed by atoms with van der Waals surface area (Å²) in [7, 11) is -5.32. The van der Waals surface area contributed by atoms with Gasteiger partial charge in [-0.15, -0.1) is 0 Å². The molecule has 1 aromatic heterocycles. The Hall–Kier alpha value is -7.00. The van der Waals surface area contributed by atoms with Crippen molar-refractivity contribution in [2.75, 3.05) is 13.2 Å². The van der Waals surface area contributed by atoms with Gasteiger partial charge in [-0.3, -0.25) is 53.1 Å². The summed E-state index contributed by atoms with van der Waals surface area (Å²) in [4.78, 5) is 128. The van der Waals surface area contributed by atoms with E-state index in [2.05, 4.69) is 10.3 Å². The van der Waals surface area contributed by atoms with Crippen LogP contribution >= 0.6 is 7.82 Å². The van der Waals surface area contributed by atoms with Crippen LogP contribution in [0.2, 0.25) is 0 Å². The Bertz CT molecular complexity index is 3600. The molecule has 1 aromatic carbocycles. The number of phosphoric ester groups is 1. The predicted molar refractivity (Wildman–Crippen MR) is 337 cm³/mol. The molecule has 7 amide bonds. The summed E-state index contributed by atoms with van der Waals surface area (Å²) < 4.78 is 31.9. The Labute approximate surface area is 551 Å². The minimum atomic E-state index is -5.32. The van der Waals surface area contributed by atoms with E-state index in [0.29, 0.717) is 56.4 Å². The van der Waals surface area contributed by atoms with Gasteiger partial charge in [0.05, 0.1) is 41.3 Å². The summed E-state index contributed by atoms with van der Waals surface area (Å²) in [6.45, 7) is 23.7. The molecular formula is C63H88CoN14O14P. The van der Waals surface area contributed by atoms with Gasteiger partial charge < -0.3 is 90.3 Å². The number of nitrogens with zero attached hydrogens (tertiary/aromatic N) is 7. The van der Waals surface area contributed by atoms with Crippen LogP contribution < -0.4 is 44.6 Å². The Morgan fingerprint density at radius 3 is 1.96 bits per heavy atom. The first kappa shape index (κ1) is 75.0. The number of rotatable bonds is 26. The third-order valence-electron chi connectivity index (χ3n) is 20.5. The van der Waals surface area contributed by atoms with Crippen molar-refractivity contribution in [3.63, 3.8) is 0 Å². The Kier molecular flexibility index (Phi) is 23.0. The van der Waals surface area contributed by atoms with E-state index in [9.17, 15) is 53.2 Å². The van der Waals surface area contributed by atoms with Gasteiger partial charge in [-0.1, -0.05) is 40.7 Å². The Balaban J connectivity index is 0.00000453. The molecule has 8 rings (SSSR count). The maximum Gasteiger partial charge on any atom is 3.00 e. The number of aliphatic imine (C=N–C) groups is 3. The number of primary amides is 6. The number of hydrogen-bond acceptors (Lipinski definition) is 19. The molecule has 508 valence electrons. The number of allylic oxidation sites excluding steroid dienone is 6. The van der Waals surface area contributed by atoms with Crippen molar-refractivity contribution < 1.29 is 83.8 Å². The van der Waals surface area contributed by atoms with Crippen LogP contribution in [0.4, 0.5) is 0 Å². The van der Waals surface area contributed by atoms with Gasteiger partial charge in [0.15, 0.2) is 6.23 Å². The molecule has 30 heteroatoms. The molecule has 7 heterocycles. The summed E-state index contributed by atoms with van der Waals surface area (Å²) >= 11 is 0. The first-order valence-corrected chi connectivity index (χ1v) is 32.2. The van der Waals surface area contributed by atoms with E-state index in [1.54, 1.807) is 6.92 Å². The van der Waals surface area contributed by atoms with E-state index in [4.69, 9.17) is 80.3 Å². The third kappa shape index (κ3) is 14.6. The van der Waals surface area contributed by atoms with Crippen LogP contribution in [-0.2, 0) is 68.7 Å². The number of carbonyl (C=O) groups excluding carboxylic acids is 7. The van der Waals surface area contributed by atoms with Gasteiger partial charge in [0.25, 0.3) is 7.82 Å². The molecule has 28 nitrogen and oxygen atoms in total. The zero-order chi connectivity index (χ0) is 68.7. The second-order valence-corrected chi connectivity index (χ2v) is 28.3. The Morgan fingerprint density at radius 2 is 1.39 bits per heavy atom. The van der Waals surface area contributed by atoms with Gasteiger partial charge in [0.1, 0.15) is 18.3 Å². The van der Waals surface area contributed by atoms with Gasteiger partial charge in [-0.05, 0) is 119 Å². The largest absolute Gasteiger partial charge is 3.00 e. The molecule has 0 saturated carbocycles. The first-order valence-electron chi connectivity index (χ1n) is 30.7. The van der Waals surface area contributed by atoms with Crippen molar-refractivity contribution in [3.8, 4) is 0 Å². The van der Waals surface area contributed by atoms with E-state index in [0.717, 1.165) is 11.1 Å². The summed E-state index contributed by atoms with van der Waals surface area (Å²) in [5, 5.41) is 36.4. The number of phosphoric acid groups is 1.